The van der Waals surface area contributed by atoms with Crippen molar-refractivity contribution in [1.29, 1.82) is 0 Å². The van der Waals surface area contributed by atoms with E-state index in [1.54, 1.807) is 16.8 Å². The van der Waals surface area contributed by atoms with E-state index in [2.05, 4.69) is 29.2 Å². The number of hydrogen-bond donors (Lipinski definition) is 0. The molecule has 0 fully saturated rings. The van der Waals surface area contributed by atoms with Crippen LogP contribution in [-0.2, 0) is 31.4 Å². The van der Waals surface area contributed by atoms with Crippen LogP contribution in [0.25, 0.3) is 5.65 Å². The first-order valence-electron chi connectivity index (χ1n) is 10.7. The Balaban J connectivity index is 1.98. The van der Waals surface area contributed by atoms with Gasteiger partial charge >= 0.3 is 5.97 Å². The van der Waals surface area contributed by atoms with Gasteiger partial charge in [0.15, 0.2) is 11.4 Å². The summed E-state index contributed by atoms with van der Waals surface area (Å²) in [6, 6.07) is 20.2. The van der Waals surface area contributed by atoms with Crippen molar-refractivity contribution in [3.8, 4) is 5.75 Å². The first kappa shape index (κ1) is 21.4. The molecule has 2 heterocycles. The molecule has 164 valence electrons. The van der Waals surface area contributed by atoms with E-state index in [1.807, 2.05) is 54.9 Å². The molecule has 0 unspecified atom stereocenters. The van der Waals surface area contributed by atoms with Crippen LogP contribution in [0.15, 0.2) is 77.9 Å². The standard InChI is InChI=1S/C26H27N3O3/c1-4-22-23(24(32-19(2)30)25-27(3)15-16-29(25)26(22)31)28(17-20-11-7-5-8-12-20)18-21-13-9-6-10-14-21/h5-16H,4,17-18H2,1-3H3. The van der Waals surface area contributed by atoms with Crippen LogP contribution in [0.2, 0.25) is 0 Å². The summed E-state index contributed by atoms with van der Waals surface area (Å²) in [6.07, 6.45) is 4.03. The molecule has 0 bridgehead atoms. The third-order valence-electron chi connectivity index (χ3n) is 5.53. The summed E-state index contributed by atoms with van der Waals surface area (Å²) in [6.45, 7) is 4.48. The number of hydrogen-bond acceptors (Lipinski definition) is 4. The fourth-order valence-electron chi connectivity index (χ4n) is 4.11. The number of benzene rings is 2. The van der Waals surface area contributed by atoms with Gasteiger partial charge in [-0.2, -0.15) is 0 Å². The number of nitrogens with zero attached hydrogens (tertiary/aromatic N) is 3. The fourth-order valence-corrected chi connectivity index (χ4v) is 4.11. The van der Waals surface area contributed by atoms with Gasteiger partial charge in [0.05, 0.1) is 5.69 Å². The smallest absolute Gasteiger partial charge is 0.308 e. The zero-order valence-electron chi connectivity index (χ0n) is 18.6. The maximum Gasteiger partial charge on any atom is 0.308 e. The molecule has 0 atom stereocenters. The van der Waals surface area contributed by atoms with Crippen LogP contribution < -0.4 is 15.2 Å². The zero-order valence-corrected chi connectivity index (χ0v) is 18.6. The number of anilines is 1. The molecule has 2 aromatic heterocycles. The molecular formula is C26H27N3O3. The number of esters is 1. The van der Waals surface area contributed by atoms with E-state index in [1.165, 1.54) is 6.92 Å². The van der Waals surface area contributed by atoms with Crippen molar-refractivity contribution in [2.75, 3.05) is 4.90 Å². The molecule has 6 heteroatoms. The van der Waals surface area contributed by atoms with Gasteiger partial charge in [-0.05, 0) is 17.5 Å². The summed E-state index contributed by atoms with van der Waals surface area (Å²) >= 11 is 0. The number of carbonyl (C=O) groups excluding carboxylic acids is 1. The molecule has 0 N–H and O–H groups in total. The number of rotatable bonds is 7. The van der Waals surface area contributed by atoms with Crippen LogP contribution >= 0.6 is 0 Å². The van der Waals surface area contributed by atoms with Crippen molar-refractivity contribution in [3.63, 3.8) is 0 Å². The molecular weight excluding hydrogens is 402 g/mol. The second kappa shape index (κ2) is 9.14. The molecule has 4 rings (SSSR count). The second-order valence-electron chi connectivity index (χ2n) is 7.84. The van der Waals surface area contributed by atoms with Crippen molar-refractivity contribution in [3.05, 3.63) is 100 Å². The largest absolute Gasteiger partial charge is 0.421 e. The molecule has 0 aliphatic carbocycles. The van der Waals surface area contributed by atoms with Gasteiger partial charge < -0.3 is 14.2 Å². The van der Waals surface area contributed by atoms with E-state index in [0.29, 0.717) is 42.2 Å². The zero-order chi connectivity index (χ0) is 22.7. The van der Waals surface area contributed by atoms with E-state index < -0.39 is 5.97 Å². The quantitative estimate of drug-likeness (QED) is 0.410. The number of ether oxygens (including phenoxy) is 1. The van der Waals surface area contributed by atoms with Gasteiger partial charge in [-0.3, -0.25) is 14.0 Å². The monoisotopic (exact) mass is 429 g/mol. The highest BCUT2D eigenvalue weighted by Gasteiger charge is 2.26. The molecule has 0 saturated carbocycles. The van der Waals surface area contributed by atoms with Crippen LogP contribution in [0.4, 0.5) is 5.69 Å². The Labute approximate surface area is 187 Å². The highest BCUT2D eigenvalue weighted by Crippen LogP contribution is 2.37. The predicted molar refractivity (Wildman–Crippen MR) is 126 cm³/mol. The fraction of sp³-hybridized carbons (Fsp3) is 0.231. The van der Waals surface area contributed by atoms with Gasteiger partial charge in [0.25, 0.3) is 5.56 Å². The number of pyridine rings is 1. The van der Waals surface area contributed by atoms with Crippen LogP contribution in [0, 0.1) is 0 Å². The van der Waals surface area contributed by atoms with Gasteiger partial charge in [0.2, 0.25) is 0 Å². The normalized spacial score (nSPS) is 11.0. The molecule has 0 aliphatic heterocycles. The Bertz CT molecular complexity index is 1250. The Morgan fingerprint density at radius 3 is 2.00 bits per heavy atom. The first-order chi connectivity index (χ1) is 15.5. The minimum absolute atomic E-state index is 0.0971. The molecule has 0 aliphatic rings. The van der Waals surface area contributed by atoms with Crippen LogP contribution in [0.3, 0.4) is 0 Å². The van der Waals surface area contributed by atoms with E-state index in [0.717, 1.165) is 11.1 Å². The van der Waals surface area contributed by atoms with Crippen LogP contribution in [-0.4, -0.2) is 14.9 Å². The predicted octanol–water partition coefficient (Wildman–Crippen LogP) is 4.33. The SMILES string of the molecule is CCc1c(N(Cc2ccccc2)Cc2ccccc2)c(OC(C)=O)c2n(C)ccn2c1=O. The van der Waals surface area contributed by atoms with Crippen molar-refractivity contribution in [2.45, 2.75) is 33.4 Å². The maximum absolute atomic E-state index is 13.4. The van der Waals surface area contributed by atoms with Crippen molar-refractivity contribution >= 4 is 17.3 Å². The molecule has 32 heavy (non-hydrogen) atoms. The highest BCUT2D eigenvalue weighted by molar-refractivity contribution is 5.81. The second-order valence-corrected chi connectivity index (χ2v) is 7.84. The first-order valence-corrected chi connectivity index (χ1v) is 10.7. The Morgan fingerprint density at radius 1 is 0.938 bits per heavy atom. The number of carbonyl (C=O) groups is 1. The molecule has 2 aromatic carbocycles. The summed E-state index contributed by atoms with van der Waals surface area (Å²) in [5.74, 6) is -0.0114. The molecule has 0 saturated heterocycles. The minimum Gasteiger partial charge on any atom is -0.421 e. The lowest BCUT2D eigenvalue weighted by Crippen LogP contribution is -2.29. The Hall–Kier alpha value is -3.80. The number of aromatic nitrogens is 2. The van der Waals surface area contributed by atoms with Crippen LogP contribution in [0.1, 0.15) is 30.5 Å². The van der Waals surface area contributed by atoms with Crippen molar-refractivity contribution < 1.29 is 9.53 Å². The molecule has 4 aromatic rings. The molecule has 0 radical (unpaired) electrons. The van der Waals surface area contributed by atoms with Gasteiger partial charge in [0.1, 0.15) is 0 Å². The number of fused-ring (bicyclic) bond motifs is 1. The molecule has 0 amide bonds. The Kier molecular flexibility index (Phi) is 6.12. The number of imidazole rings is 1. The van der Waals surface area contributed by atoms with Crippen molar-refractivity contribution in [2.24, 2.45) is 7.05 Å². The average molecular weight is 430 g/mol. The van der Waals surface area contributed by atoms with Gasteiger partial charge in [-0.1, -0.05) is 67.6 Å². The van der Waals surface area contributed by atoms with E-state index in [4.69, 9.17) is 4.74 Å². The topological polar surface area (TPSA) is 55.9 Å². The third kappa shape index (κ3) is 4.17. The highest BCUT2D eigenvalue weighted by atomic mass is 16.5. The summed E-state index contributed by atoms with van der Waals surface area (Å²) in [4.78, 5) is 27.7. The van der Waals surface area contributed by atoms with Gasteiger partial charge in [-0.15, -0.1) is 0 Å². The van der Waals surface area contributed by atoms with E-state index >= 15 is 0 Å². The maximum atomic E-state index is 13.4. The van der Waals surface area contributed by atoms with E-state index in [9.17, 15) is 9.59 Å². The number of aryl methyl sites for hydroxylation is 1. The van der Waals surface area contributed by atoms with Crippen LogP contribution in [0.5, 0.6) is 5.75 Å². The molecule has 0 spiro atoms. The lowest BCUT2D eigenvalue weighted by Gasteiger charge is -2.29. The lowest BCUT2D eigenvalue weighted by atomic mass is 10.1. The van der Waals surface area contributed by atoms with Gasteiger partial charge in [-0.25, -0.2) is 0 Å². The summed E-state index contributed by atoms with van der Waals surface area (Å²) < 4.78 is 9.16. The average Bonchev–Trinajstić information content (AvgIpc) is 3.18. The summed E-state index contributed by atoms with van der Waals surface area (Å²) in [5, 5.41) is 0. The summed E-state index contributed by atoms with van der Waals surface area (Å²) in [5.41, 5.74) is 3.96. The van der Waals surface area contributed by atoms with Crippen molar-refractivity contribution in [1.82, 2.24) is 8.97 Å². The van der Waals surface area contributed by atoms with Gasteiger partial charge in [0, 0.05) is 45.0 Å². The third-order valence-corrected chi connectivity index (χ3v) is 5.53. The minimum atomic E-state index is -0.422. The Morgan fingerprint density at radius 2 is 1.50 bits per heavy atom. The van der Waals surface area contributed by atoms with E-state index in [-0.39, 0.29) is 5.56 Å². The molecule has 6 nitrogen and oxygen atoms in total. The summed E-state index contributed by atoms with van der Waals surface area (Å²) in [7, 11) is 1.84. The lowest BCUT2D eigenvalue weighted by molar-refractivity contribution is -0.131.